The van der Waals surface area contributed by atoms with Crippen LogP contribution >= 0.6 is 0 Å². The van der Waals surface area contributed by atoms with E-state index >= 15 is 0 Å². The average molecular weight is 392 g/mol. The number of benzene rings is 2. The molecule has 1 N–H and O–H groups in total. The number of para-hydroxylation sites is 1. The third-order valence-corrected chi connectivity index (χ3v) is 5.38. The van der Waals surface area contributed by atoms with Crippen LogP contribution in [0.1, 0.15) is 33.6 Å². The van der Waals surface area contributed by atoms with Crippen LogP contribution in [0.5, 0.6) is 11.5 Å². The molecule has 2 aromatic carbocycles. The number of nitrogens with zero attached hydrogens (tertiary/aromatic N) is 1. The van der Waals surface area contributed by atoms with E-state index in [4.69, 9.17) is 9.47 Å². The molecule has 4 rings (SSSR count). The maximum Gasteiger partial charge on any atom is 0.240 e. The van der Waals surface area contributed by atoms with Crippen molar-refractivity contribution in [2.45, 2.75) is 33.4 Å². The van der Waals surface area contributed by atoms with Gasteiger partial charge in [0.2, 0.25) is 5.91 Å². The third-order valence-electron chi connectivity index (χ3n) is 5.38. The van der Waals surface area contributed by atoms with Crippen LogP contribution in [0.15, 0.2) is 36.4 Å². The van der Waals surface area contributed by atoms with Crippen molar-refractivity contribution in [2.75, 3.05) is 13.2 Å². The number of carbonyl (C=O) groups is 2. The van der Waals surface area contributed by atoms with E-state index in [2.05, 4.69) is 5.32 Å². The molecule has 1 aromatic heterocycles. The first-order valence-corrected chi connectivity index (χ1v) is 9.77. The van der Waals surface area contributed by atoms with Crippen molar-refractivity contribution in [1.29, 1.82) is 0 Å². The number of ether oxygens (including phenoxy) is 2. The molecule has 2 heterocycles. The van der Waals surface area contributed by atoms with Crippen LogP contribution in [-0.2, 0) is 17.9 Å². The zero-order valence-electron chi connectivity index (χ0n) is 16.7. The highest BCUT2D eigenvalue weighted by Crippen LogP contribution is 2.32. The molecule has 1 aliphatic heterocycles. The number of hydrogen-bond acceptors (Lipinski definition) is 4. The number of aryl methyl sites for hydroxylation is 1. The Labute approximate surface area is 169 Å². The Morgan fingerprint density at radius 1 is 1.14 bits per heavy atom. The van der Waals surface area contributed by atoms with Gasteiger partial charge in [0.05, 0.1) is 13.2 Å². The van der Waals surface area contributed by atoms with E-state index in [0.29, 0.717) is 25.3 Å². The van der Waals surface area contributed by atoms with Crippen molar-refractivity contribution >= 4 is 23.1 Å². The molecule has 1 amide bonds. The Bertz CT molecular complexity index is 1080. The van der Waals surface area contributed by atoms with Crippen molar-refractivity contribution in [1.82, 2.24) is 9.88 Å². The van der Waals surface area contributed by atoms with Gasteiger partial charge in [-0.05, 0) is 43.2 Å². The second-order valence-corrected chi connectivity index (χ2v) is 7.27. The van der Waals surface area contributed by atoms with E-state index in [1.54, 1.807) is 0 Å². The zero-order chi connectivity index (χ0) is 20.4. The molecule has 0 aliphatic carbocycles. The molecule has 0 bridgehead atoms. The minimum Gasteiger partial charge on any atom is -0.490 e. The van der Waals surface area contributed by atoms with Crippen LogP contribution < -0.4 is 14.8 Å². The molecule has 6 heteroatoms. The van der Waals surface area contributed by atoms with Crippen LogP contribution in [0.2, 0.25) is 0 Å². The molecule has 29 heavy (non-hydrogen) atoms. The van der Waals surface area contributed by atoms with Gasteiger partial charge in [-0.3, -0.25) is 9.59 Å². The van der Waals surface area contributed by atoms with Gasteiger partial charge in [-0.15, -0.1) is 0 Å². The lowest BCUT2D eigenvalue weighted by Gasteiger charge is -2.14. The number of aromatic nitrogens is 1. The SMILES string of the molecule is Cc1cc2c(cc1CNC(=O)Cn1c(C)c(C=O)c3ccccc31)OCCCO2. The van der Waals surface area contributed by atoms with E-state index < -0.39 is 0 Å². The second kappa shape index (κ2) is 7.99. The average Bonchev–Trinajstić information content (AvgIpc) is 2.85. The molecular weight excluding hydrogens is 368 g/mol. The van der Waals surface area contributed by atoms with E-state index in [-0.39, 0.29) is 12.5 Å². The molecule has 1 aliphatic rings. The summed E-state index contributed by atoms with van der Waals surface area (Å²) in [6.45, 7) is 5.70. The minimum absolute atomic E-state index is 0.113. The van der Waals surface area contributed by atoms with Crippen LogP contribution in [0, 0.1) is 13.8 Å². The van der Waals surface area contributed by atoms with Crippen LogP contribution in [0.3, 0.4) is 0 Å². The van der Waals surface area contributed by atoms with Crippen molar-refractivity contribution in [3.63, 3.8) is 0 Å². The lowest BCUT2D eigenvalue weighted by Crippen LogP contribution is -2.27. The van der Waals surface area contributed by atoms with Gasteiger partial charge in [-0.2, -0.15) is 0 Å². The number of aldehydes is 1. The summed E-state index contributed by atoms with van der Waals surface area (Å²) in [5.74, 6) is 1.36. The van der Waals surface area contributed by atoms with Crippen molar-refractivity contribution in [3.8, 4) is 11.5 Å². The lowest BCUT2D eigenvalue weighted by molar-refractivity contribution is -0.121. The standard InChI is InChI=1S/C23H24N2O4/c1-15-10-21-22(29-9-5-8-28-21)11-17(15)12-24-23(27)13-25-16(2)19(14-26)18-6-3-4-7-20(18)25/h3-4,6-7,10-11,14H,5,8-9,12-13H2,1-2H3,(H,24,27). The Balaban J connectivity index is 1.50. The lowest BCUT2D eigenvalue weighted by atomic mass is 10.1. The van der Waals surface area contributed by atoms with Crippen molar-refractivity contribution in [3.05, 3.63) is 58.8 Å². The normalized spacial score (nSPS) is 13.2. The molecular formula is C23H24N2O4. The van der Waals surface area contributed by atoms with E-state index in [1.807, 2.05) is 54.8 Å². The number of carbonyl (C=O) groups excluding carboxylic acids is 2. The topological polar surface area (TPSA) is 69.6 Å². The number of rotatable bonds is 5. The maximum atomic E-state index is 12.7. The summed E-state index contributed by atoms with van der Waals surface area (Å²) in [6, 6.07) is 11.5. The highest BCUT2D eigenvalue weighted by molar-refractivity contribution is 5.99. The number of nitrogens with one attached hydrogen (secondary N) is 1. The third kappa shape index (κ3) is 3.70. The molecule has 0 radical (unpaired) electrons. The Morgan fingerprint density at radius 2 is 1.86 bits per heavy atom. The summed E-state index contributed by atoms with van der Waals surface area (Å²) < 4.78 is 13.3. The van der Waals surface area contributed by atoms with Gasteiger partial charge in [0.25, 0.3) is 0 Å². The first-order valence-electron chi connectivity index (χ1n) is 9.77. The van der Waals surface area contributed by atoms with E-state index in [0.717, 1.165) is 51.9 Å². The minimum atomic E-state index is -0.113. The van der Waals surface area contributed by atoms with E-state index in [9.17, 15) is 9.59 Å². The molecule has 0 saturated carbocycles. The fourth-order valence-corrected chi connectivity index (χ4v) is 3.75. The fraction of sp³-hybridized carbons (Fsp3) is 0.304. The fourth-order valence-electron chi connectivity index (χ4n) is 3.75. The van der Waals surface area contributed by atoms with E-state index in [1.165, 1.54) is 0 Å². The van der Waals surface area contributed by atoms with Gasteiger partial charge in [-0.25, -0.2) is 0 Å². The Kier molecular flexibility index (Phi) is 5.25. The predicted octanol–water partition coefficient (Wildman–Crippen LogP) is 3.55. The van der Waals surface area contributed by atoms with Crippen LogP contribution in [0.4, 0.5) is 0 Å². The maximum absolute atomic E-state index is 12.7. The van der Waals surface area contributed by atoms with Crippen molar-refractivity contribution < 1.29 is 19.1 Å². The Morgan fingerprint density at radius 3 is 2.62 bits per heavy atom. The van der Waals surface area contributed by atoms with Gasteiger partial charge >= 0.3 is 0 Å². The molecule has 3 aromatic rings. The molecule has 6 nitrogen and oxygen atoms in total. The van der Waals surface area contributed by atoms with Gasteiger partial charge in [-0.1, -0.05) is 18.2 Å². The number of fused-ring (bicyclic) bond motifs is 2. The smallest absolute Gasteiger partial charge is 0.240 e. The summed E-state index contributed by atoms with van der Waals surface area (Å²) >= 11 is 0. The summed E-state index contributed by atoms with van der Waals surface area (Å²) in [6.07, 6.45) is 1.71. The Hall–Kier alpha value is -3.28. The molecule has 0 saturated heterocycles. The number of hydrogen-bond donors (Lipinski definition) is 1. The summed E-state index contributed by atoms with van der Waals surface area (Å²) in [7, 11) is 0. The quantitative estimate of drug-likeness (QED) is 0.674. The first kappa shape index (κ1) is 19.1. The van der Waals surface area contributed by atoms with Crippen molar-refractivity contribution in [2.24, 2.45) is 0 Å². The van der Waals surface area contributed by atoms with Crippen LogP contribution in [-0.4, -0.2) is 30.0 Å². The highest BCUT2D eigenvalue weighted by Gasteiger charge is 2.16. The summed E-state index contributed by atoms with van der Waals surface area (Å²) in [5.41, 5.74) is 4.34. The van der Waals surface area contributed by atoms with Gasteiger partial charge in [0, 0.05) is 35.1 Å². The zero-order valence-corrected chi connectivity index (χ0v) is 16.7. The highest BCUT2D eigenvalue weighted by atomic mass is 16.5. The summed E-state index contributed by atoms with van der Waals surface area (Å²) in [4.78, 5) is 24.2. The molecule has 0 fully saturated rings. The molecule has 0 atom stereocenters. The largest absolute Gasteiger partial charge is 0.490 e. The van der Waals surface area contributed by atoms with Gasteiger partial charge < -0.3 is 19.4 Å². The molecule has 0 spiro atoms. The van der Waals surface area contributed by atoms with Gasteiger partial charge in [0.15, 0.2) is 17.8 Å². The van der Waals surface area contributed by atoms with Crippen LogP contribution in [0.25, 0.3) is 10.9 Å². The monoisotopic (exact) mass is 392 g/mol. The predicted molar refractivity (Wildman–Crippen MR) is 111 cm³/mol. The molecule has 150 valence electrons. The molecule has 0 unspecified atom stereocenters. The number of amides is 1. The first-order chi connectivity index (χ1) is 14.1. The summed E-state index contributed by atoms with van der Waals surface area (Å²) in [5, 5.41) is 3.85. The van der Waals surface area contributed by atoms with Gasteiger partial charge in [0.1, 0.15) is 6.54 Å². The second-order valence-electron chi connectivity index (χ2n) is 7.27.